The number of carbonyl (C=O) groups excluding carboxylic acids is 3. The zero-order valence-electron chi connectivity index (χ0n) is 28.4. The van der Waals surface area contributed by atoms with Gasteiger partial charge in [-0.05, 0) is 58.2 Å². The van der Waals surface area contributed by atoms with Crippen molar-refractivity contribution in [2.45, 2.75) is 96.6 Å². The number of phenols is 1. The average Bonchev–Trinajstić information content (AvgIpc) is 3.52. The SMILES string of the molecule is CCCC(=O)N[C@@H](C)C(=O)NC[C@H]1c2c(c(OC(C)=O)c(C)c3c2OCO3)CC2[C@H]3c4c(cc(C)c(OC)c4O)C[C@@H]([C@H](C#N)N21)N3C. The number of nitriles is 1. The van der Waals surface area contributed by atoms with Crippen molar-refractivity contribution in [1.82, 2.24) is 20.4 Å². The van der Waals surface area contributed by atoms with Gasteiger partial charge < -0.3 is 34.7 Å². The standard InChI is InChI=1S/C35H43N5O8/c1-8-9-26(42)38-18(4)35(44)37-14-25-28-21(32(48-19(5)41)17(3)33-34(28)47-15-46-33)12-23-29-27-20(10-16(2)31(45-7)30(27)43)11-22(39(29)6)24(13-36)40(23)25/h10,18,22-25,29,43H,8-9,11-12,14-15H2,1-7H3,(H,37,44)(H,38,42)/t18-,22-,23?,24-,25-,29-/m0/s1. The largest absolute Gasteiger partial charge is 0.504 e. The fourth-order valence-electron chi connectivity index (χ4n) is 8.27. The second-order valence-electron chi connectivity index (χ2n) is 13.1. The predicted molar refractivity (Wildman–Crippen MR) is 173 cm³/mol. The quantitative estimate of drug-likeness (QED) is 0.282. The van der Waals surface area contributed by atoms with Gasteiger partial charge in [0.05, 0.1) is 25.3 Å². The molecule has 4 aliphatic rings. The van der Waals surface area contributed by atoms with Gasteiger partial charge >= 0.3 is 5.97 Å². The number of aryl methyl sites for hydroxylation is 1. The number of nitrogens with one attached hydrogen (secondary N) is 2. The Kier molecular flexibility index (Phi) is 8.91. The number of hydrogen-bond donors (Lipinski definition) is 3. The van der Waals surface area contributed by atoms with Crippen LogP contribution in [0.4, 0.5) is 0 Å². The van der Waals surface area contributed by atoms with E-state index in [0.29, 0.717) is 65.4 Å². The lowest BCUT2D eigenvalue weighted by Crippen LogP contribution is -2.69. The fraction of sp³-hybridized carbons (Fsp3) is 0.543. The molecule has 0 radical (unpaired) electrons. The van der Waals surface area contributed by atoms with E-state index in [9.17, 15) is 24.8 Å². The van der Waals surface area contributed by atoms with Crippen molar-refractivity contribution in [3.63, 3.8) is 0 Å². The maximum absolute atomic E-state index is 13.4. The molecule has 48 heavy (non-hydrogen) atoms. The fourth-order valence-corrected chi connectivity index (χ4v) is 8.27. The number of fused-ring (bicyclic) bond motifs is 9. The highest BCUT2D eigenvalue weighted by Gasteiger charge is 2.57. The number of phenolic OH excluding ortho intramolecular Hbond substituents is 1. The Morgan fingerprint density at radius 1 is 1.15 bits per heavy atom. The van der Waals surface area contributed by atoms with Crippen LogP contribution in [0.15, 0.2) is 6.07 Å². The maximum atomic E-state index is 13.4. The van der Waals surface area contributed by atoms with Crippen LogP contribution in [-0.4, -0.2) is 84.4 Å². The number of esters is 1. The molecule has 4 aliphatic heterocycles. The summed E-state index contributed by atoms with van der Waals surface area (Å²) in [6, 6.07) is 1.54. The van der Waals surface area contributed by atoms with Gasteiger partial charge in [0.1, 0.15) is 17.8 Å². The van der Waals surface area contributed by atoms with Crippen molar-refractivity contribution < 1.29 is 38.4 Å². The molecule has 13 nitrogen and oxygen atoms in total. The first kappa shape index (κ1) is 33.4. The first-order valence-electron chi connectivity index (χ1n) is 16.4. The van der Waals surface area contributed by atoms with Crippen molar-refractivity contribution in [1.29, 1.82) is 5.26 Å². The van der Waals surface area contributed by atoms with Crippen LogP contribution < -0.4 is 29.6 Å². The van der Waals surface area contributed by atoms with E-state index in [0.717, 1.165) is 16.7 Å². The number of ether oxygens (including phenoxy) is 4. The Balaban J connectivity index is 1.52. The molecule has 1 fully saturated rings. The molecule has 0 spiro atoms. The first-order chi connectivity index (χ1) is 22.9. The highest BCUT2D eigenvalue weighted by atomic mass is 16.7. The van der Waals surface area contributed by atoms with E-state index in [4.69, 9.17) is 18.9 Å². The maximum Gasteiger partial charge on any atom is 0.308 e. The summed E-state index contributed by atoms with van der Waals surface area (Å²) >= 11 is 0. The summed E-state index contributed by atoms with van der Waals surface area (Å²) in [5.41, 5.74) is 4.49. The molecule has 2 bridgehead atoms. The highest BCUT2D eigenvalue weighted by molar-refractivity contribution is 5.87. The predicted octanol–water partition coefficient (Wildman–Crippen LogP) is 2.86. The average molecular weight is 662 g/mol. The summed E-state index contributed by atoms with van der Waals surface area (Å²) in [6.45, 7) is 8.59. The van der Waals surface area contributed by atoms with Gasteiger partial charge in [0, 0.05) is 54.2 Å². The second-order valence-corrected chi connectivity index (χ2v) is 13.1. The summed E-state index contributed by atoms with van der Waals surface area (Å²) in [7, 11) is 3.50. The molecule has 6 atom stereocenters. The van der Waals surface area contributed by atoms with E-state index in [1.165, 1.54) is 14.0 Å². The van der Waals surface area contributed by atoms with E-state index >= 15 is 0 Å². The van der Waals surface area contributed by atoms with Crippen LogP contribution in [0, 0.1) is 25.2 Å². The smallest absolute Gasteiger partial charge is 0.308 e. The van der Waals surface area contributed by atoms with Crippen LogP contribution in [0.3, 0.4) is 0 Å². The van der Waals surface area contributed by atoms with Crippen molar-refractivity contribution in [2.75, 3.05) is 27.5 Å². The summed E-state index contributed by atoms with van der Waals surface area (Å²) in [5, 5.41) is 28.3. The Bertz CT molecular complexity index is 1720. The van der Waals surface area contributed by atoms with Crippen LogP contribution >= 0.6 is 0 Å². The molecule has 6 rings (SSSR count). The topological polar surface area (TPSA) is 163 Å². The number of likely N-dealkylation sites (N-methyl/N-ethyl adjacent to an activating group) is 1. The van der Waals surface area contributed by atoms with Gasteiger partial charge in [0.2, 0.25) is 18.6 Å². The van der Waals surface area contributed by atoms with E-state index < -0.39 is 30.1 Å². The Morgan fingerprint density at radius 2 is 1.88 bits per heavy atom. The molecule has 1 unspecified atom stereocenters. The molecule has 4 heterocycles. The Hall–Kier alpha value is -4.54. The lowest BCUT2D eigenvalue weighted by Gasteiger charge is -2.60. The summed E-state index contributed by atoms with van der Waals surface area (Å²) in [6.07, 6.45) is 1.82. The molecule has 256 valence electrons. The minimum atomic E-state index is -0.791. The number of nitrogens with zero attached hydrogens (tertiary/aromatic N) is 3. The summed E-state index contributed by atoms with van der Waals surface area (Å²) in [5.74, 6) is 0.662. The van der Waals surface area contributed by atoms with Gasteiger partial charge in [-0.15, -0.1) is 0 Å². The highest BCUT2D eigenvalue weighted by Crippen LogP contribution is 2.58. The van der Waals surface area contributed by atoms with Crippen molar-refractivity contribution in [3.05, 3.63) is 39.4 Å². The summed E-state index contributed by atoms with van der Waals surface area (Å²) in [4.78, 5) is 42.5. The number of amides is 2. The van der Waals surface area contributed by atoms with Crippen LogP contribution in [0.5, 0.6) is 28.7 Å². The first-order valence-corrected chi connectivity index (χ1v) is 16.4. The third kappa shape index (κ3) is 5.27. The van der Waals surface area contributed by atoms with E-state index in [2.05, 4.69) is 26.5 Å². The van der Waals surface area contributed by atoms with Crippen LogP contribution in [0.25, 0.3) is 0 Å². The Morgan fingerprint density at radius 3 is 2.54 bits per heavy atom. The van der Waals surface area contributed by atoms with E-state index in [1.807, 2.05) is 33.9 Å². The number of piperazine rings is 1. The minimum absolute atomic E-state index is 0.0365. The molecular weight excluding hydrogens is 618 g/mol. The molecule has 0 aromatic heterocycles. The number of hydrogen-bond acceptors (Lipinski definition) is 11. The molecule has 3 N–H and O–H groups in total. The van der Waals surface area contributed by atoms with E-state index in [-0.39, 0.29) is 43.0 Å². The van der Waals surface area contributed by atoms with E-state index in [1.54, 1.807) is 6.92 Å². The molecule has 2 amide bonds. The third-order valence-corrected chi connectivity index (χ3v) is 10.2. The molecule has 13 heteroatoms. The van der Waals surface area contributed by atoms with Gasteiger partial charge in [-0.25, -0.2) is 0 Å². The number of rotatable bonds is 8. The molecular formula is C35H43N5O8. The summed E-state index contributed by atoms with van der Waals surface area (Å²) < 4.78 is 23.5. The van der Waals surface area contributed by atoms with Crippen LogP contribution in [-0.2, 0) is 27.2 Å². The number of methoxy groups -OCH3 is 1. The molecule has 0 aliphatic carbocycles. The minimum Gasteiger partial charge on any atom is -0.504 e. The zero-order valence-corrected chi connectivity index (χ0v) is 28.4. The lowest BCUT2D eigenvalue weighted by molar-refractivity contribution is -0.132. The molecule has 1 saturated heterocycles. The molecule has 2 aromatic carbocycles. The van der Waals surface area contributed by atoms with Crippen molar-refractivity contribution in [3.8, 4) is 34.8 Å². The lowest BCUT2D eigenvalue weighted by atomic mass is 9.71. The van der Waals surface area contributed by atoms with Crippen LogP contribution in [0.1, 0.15) is 79.1 Å². The molecule has 2 aromatic rings. The normalized spacial score (nSPS) is 24.3. The number of benzene rings is 2. The van der Waals surface area contributed by atoms with Gasteiger partial charge in [0.25, 0.3) is 0 Å². The molecule has 0 saturated carbocycles. The van der Waals surface area contributed by atoms with Gasteiger partial charge in [0.15, 0.2) is 23.0 Å². The van der Waals surface area contributed by atoms with Crippen molar-refractivity contribution >= 4 is 17.8 Å². The number of carbonyl (C=O) groups is 3. The second kappa shape index (κ2) is 12.8. The Labute approximate surface area is 280 Å². The number of aromatic hydroxyl groups is 1. The van der Waals surface area contributed by atoms with Gasteiger partial charge in [-0.3, -0.25) is 24.2 Å². The zero-order chi connectivity index (χ0) is 34.6. The monoisotopic (exact) mass is 661 g/mol. The van der Waals surface area contributed by atoms with Crippen LogP contribution in [0.2, 0.25) is 0 Å². The van der Waals surface area contributed by atoms with Crippen molar-refractivity contribution in [2.24, 2.45) is 0 Å². The third-order valence-electron chi connectivity index (χ3n) is 10.2. The van der Waals surface area contributed by atoms with Gasteiger partial charge in [-0.2, -0.15) is 5.26 Å². The van der Waals surface area contributed by atoms with Gasteiger partial charge in [-0.1, -0.05) is 13.0 Å².